The van der Waals surface area contributed by atoms with E-state index < -0.39 is 11.9 Å². The third kappa shape index (κ3) is 2.98. The van der Waals surface area contributed by atoms with Crippen molar-refractivity contribution < 1.29 is 14.7 Å². The molecular weight excluding hydrogens is 260 g/mol. The van der Waals surface area contributed by atoms with E-state index in [1.807, 2.05) is 0 Å². The topological polar surface area (TPSA) is 123 Å². The van der Waals surface area contributed by atoms with E-state index >= 15 is 0 Å². The first-order valence-electron chi connectivity index (χ1n) is 6.53. The lowest BCUT2D eigenvalue weighted by Gasteiger charge is -2.29. The molecule has 5 N–H and O–H groups in total. The molecule has 20 heavy (non-hydrogen) atoms. The third-order valence-corrected chi connectivity index (χ3v) is 3.48. The summed E-state index contributed by atoms with van der Waals surface area (Å²) in [5.74, 6) is -1.36. The zero-order valence-electron chi connectivity index (χ0n) is 11.1. The van der Waals surface area contributed by atoms with E-state index in [0.717, 1.165) is 25.7 Å². The first-order valence-corrected chi connectivity index (χ1v) is 6.53. The van der Waals surface area contributed by atoms with E-state index in [4.69, 9.17) is 11.5 Å². The maximum Gasteiger partial charge on any atom is 0.339 e. The highest BCUT2D eigenvalue weighted by atomic mass is 16.4. The second kappa shape index (κ2) is 5.77. The Kier molecular flexibility index (Phi) is 4.07. The highest BCUT2D eigenvalue weighted by Gasteiger charge is 2.28. The Hall–Kier alpha value is -2.31. The number of nitrogens with two attached hydrogens (primary N) is 2. The van der Waals surface area contributed by atoms with Gasteiger partial charge in [0.25, 0.3) is 0 Å². The van der Waals surface area contributed by atoms with E-state index in [9.17, 15) is 14.7 Å². The molecule has 1 aliphatic rings. The summed E-state index contributed by atoms with van der Waals surface area (Å²) >= 11 is 0. The van der Waals surface area contributed by atoms with Crippen LogP contribution in [0.15, 0.2) is 12.3 Å². The Morgan fingerprint density at radius 3 is 2.60 bits per heavy atom. The van der Waals surface area contributed by atoms with Crippen molar-refractivity contribution in [2.24, 2.45) is 5.73 Å². The molecule has 1 aliphatic carbocycles. The molecule has 0 saturated heterocycles. The number of carbonyl (C=O) groups is 2. The first kappa shape index (κ1) is 14.1. The Labute approximate surface area is 116 Å². The van der Waals surface area contributed by atoms with Crippen molar-refractivity contribution in [3.8, 4) is 0 Å². The highest BCUT2D eigenvalue weighted by molar-refractivity contribution is 5.95. The average molecular weight is 278 g/mol. The summed E-state index contributed by atoms with van der Waals surface area (Å²) in [5.41, 5.74) is 11.1. The molecule has 2 rings (SSSR count). The average Bonchev–Trinajstić information content (AvgIpc) is 2.89. The number of amides is 1. The molecule has 7 nitrogen and oxygen atoms in total. The van der Waals surface area contributed by atoms with Crippen LogP contribution in [0.2, 0.25) is 0 Å². The van der Waals surface area contributed by atoms with Crippen LogP contribution >= 0.6 is 0 Å². The molecule has 0 bridgehead atoms. The molecule has 1 aromatic rings. The predicted molar refractivity (Wildman–Crippen MR) is 74.4 cm³/mol. The van der Waals surface area contributed by atoms with Gasteiger partial charge in [-0.2, -0.15) is 0 Å². The predicted octanol–water partition coefficient (Wildman–Crippen LogP) is 0.596. The Morgan fingerprint density at radius 1 is 1.40 bits per heavy atom. The summed E-state index contributed by atoms with van der Waals surface area (Å²) in [6.45, 7) is -0.0398. The zero-order valence-corrected chi connectivity index (χ0v) is 11.1. The summed E-state index contributed by atoms with van der Waals surface area (Å²) in [4.78, 5) is 28.4. The van der Waals surface area contributed by atoms with Gasteiger partial charge in [-0.3, -0.25) is 4.79 Å². The number of anilines is 2. The molecule has 1 amide bonds. The fourth-order valence-corrected chi connectivity index (χ4v) is 2.62. The van der Waals surface area contributed by atoms with Gasteiger partial charge in [-0.25, -0.2) is 9.78 Å². The van der Waals surface area contributed by atoms with Crippen LogP contribution < -0.4 is 16.4 Å². The number of carboxylic acid groups (broad SMARTS) is 1. The maximum atomic E-state index is 11.3. The van der Waals surface area contributed by atoms with E-state index in [1.165, 1.54) is 12.3 Å². The lowest BCUT2D eigenvalue weighted by molar-refractivity contribution is -0.116. The van der Waals surface area contributed by atoms with Gasteiger partial charge in [-0.1, -0.05) is 12.8 Å². The molecular formula is C13H18N4O3. The van der Waals surface area contributed by atoms with Gasteiger partial charge in [-0.15, -0.1) is 0 Å². The summed E-state index contributed by atoms with van der Waals surface area (Å²) in [6.07, 6.45) is 5.30. The van der Waals surface area contributed by atoms with Crippen molar-refractivity contribution in [1.29, 1.82) is 0 Å². The van der Waals surface area contributed by atoms with Gasteiger partial charge in [0.05, 0.1) is 18.4 Å². The molecule has 0 spiro atoms. The lowest BCUT2D eigenvalue weighted by atomic mass is 10.1. The minimum atomic E-state index is -1.12. The molecule has 0 atom stereocenters. The number of carboxylic acids is 1. The summed E-state index contributed by atoms with van der Waals surface area (Å²) in [6, 6.07) is 1.45. The Bertz CT molecular complexity index is 526. The number of aromatic nitrogens is 1. The number of carbonyl (C=O) groups excluding carboxylic acids is 1. The Balaban J connectivity index is 2.41. The van der Waals surface area contributed by atoms with Gasteiger partial charge >= 0.3 is 5.97 Å². The monoisotopic (exact) mass is 278 g/mol. The minimum absolute atomic E-state index is 0.00171. The van der Waals surface area contributed by atoms with E-state index in [-0.39, 0.29) is 29.7 Å². The second-order valence-corrected chi connectivity index (χ2v) is 4.98. The number of primary amides is 1. The van der Waals surface area contributed by atoms with Gasteiger partial charge in [0, 0.05) is 6.04 Å². The van der Waals surface area contributed by atoms with E-state index in [0.29, 0.717) is 0 Å². The fraction of sp³-hybridized carbons (Fsp3) is 0.462. The number of hydrogen-bond acceptors (Lipinski definition) is 5. The van der Waals surface area contributed by atoms with Crippen LogP contribution in [0.4, 0.5) is 11.5 Å². The van der Waals surface area contributed by atoms with Crippen LogP contribution in [0, 0.1) is 0 Å². The van der Waals surface area contributed by atoms with Crippen molar-refractivity contribution in [3.05, 3.63) is 17.8 Å². The number of nitrogens with zero attached hydrogens (tertiary/aromatic N) is 2. The number of rotatable bonds is 5. The normalized spacial score (nSPS) is 15.2. The fourth-order valence-electron chi connectivity index (χ4n) is 2.62. The highest BCUT2D eigenvalue weighted by Crippen LogP contribution is 2.29. The molecule has 1 aromatic heterocycles. The van der Waals surface area contributed by atoms with Gasteiger partial charge < -0.3 is 21.5 Å². The number of hydrogen-bond donors (Lipinski definition) is 3. The van der Waals surface area contributed by atoms with Crippen LogP contribution in [0.25, 0.3) is 0 Å². The maximum absolute atomic E-state index is 11.3. The molecule has 1 heterocycles. The minimum Gasteiger partial charge on any atom is -0.478 e. The van der Waals surface area contributed by atoms with Crippen LogP contribution in [-0.2, 0) is 4.79 Å². The molecule has 0 radical (unpaired) electrons. The molecule has 1 saturated carbocycles. The summed E-state index contributed by atoms with van der Waals surface area (Å²) < 4.78 is 0. The van der Waals surface area contributed by atoms with Crippen LogP contribution in [0.5, 0.6) is 0 Å². The van der Waals surface area contributed by atoms with E-state index in [1.54, 1.807) is 4.90 Å². The summed E-state index contributed by atoms with van der Waals surface area (Å²) in [7, 11) is 0. The SMILES string of the molecule is NC(=O)CN(c1ncc(N)cc1C(=O)O)C1CCCC1. The lowest BCUT2D eigenvalue weighted by Crippen LogP contribution is -2.41. The zero-order chi connectivity index (χ0) is 14.7. The van der Waals surface area contributed by atoms with Crippen molar-refractivity contribution in [2.45, 2.75) is 31.7 Å². The van der Waals surface area contributed by atoms with E-state index in [2.05, 4.69) is 4.98 Å². The van der Waals surface area contributed by atoms with Crippen molar-refractivity contribution in [2.75, 3.05) is 17.2 Å². The first-order chi connectivity index (χ1) is 9.49. The molecule has 7 heteroatoms. The number of pyridine rings is 1. The molecule has 0 aromatic carbocycles. The third-order valence-electron chi connectivity index (χ3n) is 3.48. The quantitative estimate of drug-likeness (QED) is 0.724. The Morgan fingerprint density at radius 2 is 2.05 bits per heavy atom. The van der Waals surface area contributed by atoms with Crippen molar-refractivity contribution in [1.82, 2.24) is 4.98 Å². The van der Waals surface area contributed by atoms with Crippen LogP contribution in [0.3, 0.4) is 0 Å². The summed E-state index contributed by atoms with van der Waals surface area (Å²) in [5, 5.41) is 9.28. The van der Waals surface area contributed by atoms with Crippen molar-refractivity contribution in [3.63, 3.8) is 0 Å². The van der Waals surface area contributed by atoms with Gasteiger partial charge in [0.15, 0.2) is 0 Å². The smallest absolute Gasteiger partial charge is 0.339 e. The molecule has 0 aliphatic heterocycles. The van der Waals surface area contributed by atoms with Gasteiger partial charge in [0.2, 0.25) is 5.91 Å². The van der Waals surface area contributed by atoms with Crippen LogP contribution in [-0.4, -0.2) is 34.6 Å². The van der Waals surface area contributed by atoms with Crippen LogP contribution in [0.1, 0.15) is 36.0 Å². The molecule has 0 unspecified atom stereocenters. The largest absolute Gasteiger partial charge is 0.478 e. The molecule has 108 valence electrons. The number of nitrogen functional groups attached to an aromatic ring is 1. The van der Waals surface area contributed by atoms with Gasteiger partial charge in [-0.05, 0) is 18.9 Å². The van der Waals surface area contributed by atoms with Crippen molar-refractivity contribution >= 4 is 23.4 Å². The number of aromatic carboxylic acids is 1. The van der Waals surface area contributed by atoms with Gasteiger partial charge in [0.1, 0.15) is 11.4 Å². The second-order valence-electron chi connectivity index (χ2n) is 4.98. The molecule has 1 fully saturated rings. The standard InChI is InChI=1S/C13H18N4O3/c14-8-5-10(13(19)20)12(16-6-8)17(7-11(15)18)9-3-1-2-4-9/h5-6,9H,1-4,7,14H2,(H2,15,18)(H,19,20).